The minimum Gasteiger partial charge on any atom is -0.507 e. The van der Waals surface area contributed by atoms with Crippen molar-refractivity contribution in [3.05, 3.63) is 69.3 Å². The highest BCUT2D eigenvalue weighted by Gasteiger charge is 2.01. The SMILES string of the molecule is O=C(/C=C/c1ccccc1O)c1ccc(I)cc1. The molecule has 0 aromatic heterocycles. The van der Waals surface area contributed by atoms with Crippen LogP contribution in [-0.4, -0.2) is 10.9 Å². The van der Waals surface area contributed by atoms with Gasteiger partial charge in [-0.1, -0.05) is 30.3 Å². The fourth-order valence-electron chi connectivity index (χ4n) is 1.50. The van der Waals surface area contributed by atoms with Gasteiger partial charge in [0.25, 0.3) is 0 Å². The van der Waals surface area contributed by atoms with E-state index in [1.807, 2.05) is 18.2 Å². The van der Waals surface area contributed by atoms with Crippen LogP contribution < -0.4 is 0 Å². The second kappa shape index (κ2) is 5.82. The summed E-state index contributed by atoms with van der Waals surface area (Å²) in [6, 6.07) is 14.3. The molecule has 2 aromatic carbocycles. The van der Waals surface area contributed by atoms with Crippen LogP contribution in [0, 0.1) is 3.57 Å². The topological polar surface area (TPSA) is 37.3 Å². The fourth-order valence-corrected chi connectivity index (χ4v) is 1.86. The van der Waals surface area contributed by atoms with E-state index in [1.54, 1.807) is 36.4 Å². The number of phenols is 1. The summed E-state index contributed by atoms with van der Waals surface area (Å²) in [6.45, 7) is 0. The molecule has 0 atom stereocenters. The molecule has 2 rings (SSSR count). The molecule has 90 valence electrons. The number of halogens is 1. The molecular formula is C15H11IO2. The van der Waals surface area contributed by atoms with Crippen LogP contribution in [0.15, 0.2) is 54.6 Å². The summed E-state index contributed by atoms with van der Waals surface area (Å²) in [5, 5.41) is 9.57. The van der Waals surface area contributed by atoms with E-state index in [9.17, 15) is 9.90 Å². The lowest BCUT2D eigenvalue weighted by Gasteiger charge is -1.98. The molecule has 0 aliphatic rings. The number of phenolic OH excluding ortho intramolecular Hbond substituents is 1. The lowest BCUT2D eigenvalue weighted by atomic mass is 10.1. The number of aromatic hydroxyl groups is 1. The van der Waals surface area contributed by atoms with E-state index in [2.05, 4.69) is 22.6 Å². The summed E-state index contributed by atoms with van der Waals surface area (Å²) in [4.78, 5) is 11.9. The highest BCUT2D eigenvalue weighted by atomic mass is 127. The third-order valence-electron chi connectivity index (χ3n) is 2.48. The third kappa shape index (κ3) is 3.20. The Kier molecular flexibility index (Phi) is 4.15. The number of rotatable bonds is 3. The largest absolute Gasteiger partial charge is 0.507 e. The van der Waals surface area contributed by atoms with Crippen molar-refractivity contribution < 1.29 is 9.90 Å². The summed E-state index contributed by atoms with van der Waals surface area (Å²) >= 11 is 2.19. The zero-order valence-corrected chi connectivity index (χ0v) is 11.7. The highest BCUT2D eigenvalue weighted by Crippen LogP contribution is 2.17. The molecule has 0 spiro atoms. The van der Waals surface area contributed by atoms with Crippen molar-refractivity contribution in [3.63, 3.8) is 0 Å². The van der Waals surface area contributed by atoms with Crippen molar-refractivity contribution in [1.29, 1.82) is 0 Å². The standard InChI is InChI=1S/C15H11IO2/c16-13-8-5-12(6-9-13)15(18)10-7-11-3-1-2-4-14(11)17/h1-10,17H/b10-7+. The Bertz CT molecular complexity index is 586. The van der Waals surface area contributed by atoms with E-state index in [-0.39, 0.29) is 11.5 Å². The molecule has 0 heterocycles. The number of benzene rings is 2. The van der Waals surface area contributed by atoms with Gasteiger partial charge in [-0.15, -0.1) is 0 Å². The number of para-hydroxylation sites is 1. The van der Waals surface area contributed by atoms with Crippen LogP contribution in [0.4, 0.5) is 0 Å². The van der Waals surface area contributed by atoms with Gasteiger partial charge in [0.15, 0.2) is 5.78 Å². The average Bonchev–Trinajstić information content (AvgIpc) is 2.38. The van der Waals surface area contributed by atoms with Crippen LogP contribution in [0.2, 0.25) is 0 Å². The Morgan fingerprint density at radius 1 is 1.06 bits per heavy atom. The van der Waals surface area contributed by atoms with Gasteiger partial charge < -0.3 is 5.11 Å². The molecule has 0 aliphatic carbocycles. The van der Waals surface area contributed by atoms with E-state index >= 15 is 0 Å². The monoisotopic (exact) mass is 350 g/mol. The summed E-state index contributed by atoms with van der Waals surface area (Å²) < 4.78 is 1.09. The summed E-state index contributed by atoms with van der Waals surface area (Å²) in [6.07, 6.45) is 3.09. The Hall–Kier alpha value is -1.62. The maximum atomic E-state index is 11.9. The number of carbonyl (C=O) groups is 1. The number of hydrogen-bond acceptors (Lipinski definition) is 2. The molecule has 0 saturated heterocycles. The number of hydrogen-bond donors (Lipinski definition) is 1. The summed E-state index contributed by atoms with van der Waals surface area (Å²) in [7, 11) is 0. The first kappa shape index (κ1) is 12.8. The summed E-state index contributed by atoms with van der Waals surface area (Å²) in [5.41, 5.74) is 1.28. The van der Waals surface area contributed by atoms with E-state index < -0.39 is 0 Å². The summed E-state index contributed by atoms with van der Waals surface area (Å²) in [5.74, 6) is 0.0961. The zero-order chi connectivity index (χ0) is 13.0. The third-order valence-corrected chi connectivity index (χ3v) is 3.20. The Balaban J connectivity index is 2.17. The normalized spacial score (nSPS) is 10.7. The molecule has 18 heavy (non-hydrogen) atoms. The number of ketones is 1. The van der Waals surface area contributed by atoms with Crippen molar-refractivity contribution in [2.75, 3.05) is 0 Å². The number of allylic oxidation sites excluding steroid dienone is 1. The van der Waals surface area contributed by atoms with Crippen molar-refractivity contribution in [1.82, 2.24) is 0 Å². The van der Waals surface area contributed by atoms with Gasteiger partial charge in [-0.3, -0.25) is 4.79 Å². The molecule has 1 N–H and O–H groups in total. The first-order chi connectivity index (χ1) is 8.66. The molecule has 0 saturated carbocycles. The zero-order valence-electron chi connectivity index (χ0n) is 9.51. The molecular weight excluding hydrogens is 339 g/mol. The molecule has 0 fully saturated rings. The number of carbonyl (C=O) groups excluding carboxylic acids is 1. The van der Waals surface area contributed by atoms with Crippen molar-refractivity contribution >= 4 is 34.5 Å². The van der Waals surface area contributed by atoms with Gasteiger partial charge in [-0.05, 0) is 52.9 Å². The van der Waals surface area contributed by atoms with Crippen LogP contribution in [0.25, 0.3) is 6.08 Å². The van der Waals surface area contributed by atoms with Gasteiger partial charge in [0.1, 0.15) is 5.75 Å². The lowest BCUT2D eigenvalue weighted by molar-refractivity contribution is 0.104. The molecule has 0 amide bonds. The van der Waals surface area contributed by atoms with Crippen LogP contribution in [0.1, 0.15) is 15.9 Å². The Morgan fingerprint density at radius 3 is 2.39 bits per heavy atom. The molecule has 0 aliphatic heterocycles. The van der Waals surface area contributed by atoms with Crippen LogP contribution in [-0.2, 0) is 0 Å². The first-order valence-corrected chi connectivity index (χ1v) is 6.50. The minimum absolute atomic E-state index is 0.0744. The van der Waals surface area contributed by atoms with Crippen LogP contribution >= 0.6 is 22.6 Å². The Labute approximate surface area is 119 Å². The second-order valence-electron chi connectivity index (χ2n) is 3.76. The Morgan fingerprint density at radius 2 is 1.72 bits per heavy atom. The first-order valence-electron chi connectivity index (χ1n) is 5.43. The van der Waals surface area contributed by atoms with Gasteiger partial charge in [0, 0.05) is 14.7 Å². The lowest BCUT2D eigenvalue weighted by Crippen LogP contribution is -1.93. The van der Waals surface area contributed by atoms with Gasteiger partial charge in [0.05, 0.1) is 0 Å². The van der Waals surface area contributed by atoms with Gasteiger partial charge >= 0.3 is 0 Å². The molecule has 0 unspecified atom stereocenters. The smallest absolute Gasteiger partial charge is 0.185 e. The van der Waals surface area contributed by atoms with E-state index in [0.29, 0.717) is 11.1 Å². The van der Waals surface area contributed by atoms with Gasteiger partial charge in [-0.2, -0.15) is 0 Å². The average molecular weight is 350 g/mol. The molecule has 3 heteroatoms. The quantitative estimate of drug-likeness (QED) is 0.518. The predicted octanol–water partition coefficient (Wildman–Crippen LogP) is 3.89. The fraction of sp³-hybridized carbons (Fsp3) is 0. The second-order valence-corrected chi connectivity index (χ2v) is 5.01. The van der Waals surface area contributed by atoms with Crippen molar-refractivity contribution in [3.8, 4) is 5.75 Å². The van der Waals surface area contributed by atoms with Gasteiger partial charge in [-0.25, -0.2) is 0 Å². The minimum atomic E-state index is -0.0744. The predicted molar refractivity (Wildman–Crippen MR) is 80.6 cm³/mol. The van der Waals surface area contributed by atoms with Gasteiger partial charge in [0.2, 0.25) is 0 Å². The maximum Gasteiger partial charge on any atom is 0.185 e. The van der Waals surface area contributed by atoms with Crippen LogP contribution in [0.5, 0.6) is 5.75 Å². The van der Waals surface area contributed by atoms with E-state index in [4.69, 9.17) is 0 Å². The van der Waals surface area contributed by atoms with Crippen molar-refractivity contribution in [2.24, 2.45) is 0 Å². The molecule has 2 nitrogen and oxygen atoms in total. The molecule has 2 aromatic rings. The van der Waals surface area contributed by atoms with E-state index in [1.165, 1.54) is 6.08 Å². The van der Waals surface area contributed by atoms with Crippen LogP contribution in [0.3, 0.4) is 0 Å². The highest BCUT2D eigenvalue weighted by molar-refractivity contribution is 14.1. The van der Waals surface area contributed by atoms with Crippen molar-refractivity contribution in [2.45, 2.75) is 0 Å². The maximum absolute atomic E-state index is 11.9. The molecule has 0 bridgehead atoms. The van der Waals surface area contributed by atoms with E-state index in [0.717, 1.165) is 3.57 Å². The molecule has 0 radical (unpaired) electrons.